The van der Waals surface area contributed by atoms with Crippen LogP contribution in [0.2, 0.25) is 0 Å². The third-order valence-electron chi connectivity index (χ3n) is 4.17. The van der Waals surface area contributed by atoms with Gasteiger partial charge in [0.2, 0.25) is 5.91 Å². The minimum Gasteiger partial charge on any atom is -0.493 e. The van der Waals surface area contributed by atoms with Crippen molar-refractivity contribution < 1.29 is 14.3 Å². The molecule has 7 nitrogen and oxygen atoms in total. The summed E-state index contributed by atoms with van der Waals surface area (Å²) in [5, 5.41) is 11.3. The van der Waals surface area contributed by atoms with Gasteiger partial charge in [0.05, 0.1) is 39.2 Å². The summed E-state index contributed by atoms with van der Waals surface area (Å²) in [6, 6.07) is 14.9. The lowest BCUT2D eigenvalue weighted by Gasteiger charge is -2.17. The Kier molecular flexibility index (Phi) is 6.41. The van der Waals surface area contributed by atoms with Gasteiger partial charge in [-0.05, 0) is 29.3 Å². The predicted octanol–water partition coefficient (Wildman–Crippen LogP) is 2.87. The van der Waals surface area contributed by atoms with E-state index in [9.17, 15) is 4.79 Å². The van der Waals surface area contributed by atoms with Crippen molar-refractivity contribution in [3.63, 3.8) is 0 Å². The standard InChI is InChI=1S/C21H22N4O3/c1-27-19-10-8-16(14-20(19)28-2)9-11-21(26)24-18(15-25-22-12-13-23-25)17-6-4-3-5-7-17/h3-14,18H,15H2,1-2H3,(H,24,26)/b11-9+. The molecule has 2 aromatic carbocycles. The van der Waals surface area contributed by atoms with Crippen molar-refractivity contribution in [1.29, 1.82) is 0 Å². The van der Waals surface area contributed by atoms with E-state index in [0.717, 1.165) is 11.1 Å². The summed E-state index contributed by atoms with van der Waals surface area (Å²) >= 11 is 0. The zero-order valence-corrected chi connectivity index (χ0v) is 15.8. The van der Waals surface area contributed by atoms with Gasteiger partial charge in [-0.1, -0.05) is 36.4 Å². The number of rotatable bonds is 8. The molecule has 0 spiro atoms. The highest BCUT2D eigenvalue weighted by Gasteiger charge is 2.15. The molecule has 1 N–H and O–H groups in total. The van der Waals surface area contributed by atoms with Crippen LogP contribution in [0.3, 0.4) is 0 Å². The van der Waals surface area contributed by atoms with Crippen molar-refractivity contribution >= 4 is 12.0 Å². The topological polar surface area (TPSA) is 78.3 Å². The van der Waals surface area contributed by atoms with Crippen LogP contribution in [0.1, 0.15) is 17.2 Å². The molecule has 3 aromatic rings. The van der Waals surface area contributed by atoms with Crippen LogP contribution in [0.5, 0.6) is 11.5 Å². The largest absolute Gasteiger partial charge is 0.493 e. The van der Waals surface area contributed by atoms with Crippen LogP contribution in [-0.4, -0.2) is 35.1 Å². The lowest BCUT2D eigenvalue weighted by molar-refractivity contribution is -0.117. The first kappa shape index (κ1) is 19.2. The first-order valence-electron chi connectivity index (χ1n) is 8.79. The summed E-state index contributed by atoms with van der Waals surface area (Å²) in [7, 11) is 3.16. The van der Waals surface area contributed by atoms with E-state index in [1.807, 2.05) is 42.5 Å². The zero-order chi connectivity index (χ0) is 19.8. The van der Waals surface area contributed by atoms with Gasteiger partial charge in [0.25, 0.3) is 0 Å². The van der Waals surface area contributed by atoms with Crippen LogP contribution in [0, 0.1) is 0 Å². The number of nitrogens with one attached hydrogen (secondary N) is 1. The number of amides is 1. The second-order valence-corrected chi connectivity index (χ2v) is 6.00. The predicted molar refractivity (Wildman–Crippen MR) is 106 cm³/mol. The number of hydrogen-bond acceptors (Lipinski definition) is 5. The third-order valence-corrected chi connectivity index (χ3v) is 4.17. The second kappa shape index (κ2) is 9.36. The first-order chi connectivity index (χ1) is 13.7. The molecule has 1 unspecified atom stereocenters. The van der Waals surface area contributed by atoms with Crippen molar-refractivity contribution in [3.05, 3.63) is 78.1 Å². The Bertz CT molecular complexity index is 924. The molecule has 3 rings (SSSR count). The fourth-order valence-corrected chi connectivity index (χ4v) is 2.77. The molecular weight excluding hydrogens is 356 g/mol. The van der Waals surface area contributed by atoms with Crippen LogP contribution >= 0.6 is 0 Å². The van der Waals surface area contributed by atoms with E-state index in [1.54, 1.807) is 43.6 Å². The van der Waals surface area contributed by atoms with Crippen molar-refractivity contribution in [2.24, 2.45) is 0 Å². The van der Waals surface area contributed by atoms with E-state index in [4.69, 9.17) is 9.47 Å². The van der Waals surface area contributed by atoms with Crippen molar-refractivity contribution in [2.75, 3.05) is 14.2 Å². The van der Waals surface area contributed by atoms with Crippen molar-refractivity contribution in [2.45, 2.75) is 12.6 Å². The Morgan fingerprint density at radius 1 is 1.07 bits per heavy atom. The van der Waals surface area contributed by atoms with Crippen molar-refractivity contribution in [3.8, 4) is 11.5 Å². The average molecular weight is 378 g/mol. The van der Waals surface area contributed by atoms with E-state index in [-0.39, 0.29) is 11.9 Å². The molecule has 0 radical (unpaired) electrons. The molecule has 0 saturated heterocycles. The molecule has 1 aromatic heterocycles. The monoisotopic (exact) mass is 378 g/mol. The van der Waals surface area contributed by atoms with Gasteiger partial charge in [-0.2, -0.15) is 15.0 Å². The molecule has 7 heteroatoms. The smallest absolute Gasteiger partial charge is 0.244 e. The fraction of sp³-hybridized carbons (Fsp3) is 0.190. The van der Waals surface area contributed by atoms with Crippen molar-refractivity contribution in [1.82, 2.24) is 20.3 Å². The Hall–Kier alpha value is -3.61. The Labute approximate surface area is 163 Å². The molecule has 1 atom stereocenters. The molecule has 0 fully saturated rings. The molecule has 0 aliphatic rings. The number of carbonyl (C=O) groups excluding carboxylic acids is 1. The van der Waals surface area contributed by atoms with Crippen LogP contribution in [-0.2, 0) is 11.3 Å². The lowest BCUT2D eigenvalue weighted by atomic mass is 10.1. The van der Waals surface area contributed by atoms with Gasteiger partial charge in [0, 0.05) is 6.08 Å². The molecule has 28 heavy (non-hydrogen) atoms. The lowest BCUT2D eigenvalue weighted by Crippen LogP contribution is -2.30. The molecule has 0 bridgehead atoms. The summed E-state index contributed by atoms with van der Waals surface area (Å²) in [6.07, 6.45) is 6.45. The van der Waals surface area contributed by atoms with E-state index in [2.05, 4.69) is 15.5 Å². The van der Waals surface area contributed by atoms with Crippen LogP contribution in [0.4, 0.5) is 0 Å². The summed E-state index contributed by atoms with van der Waals surface area (Å²) < 4.78 is 10.5. The molecule has 1 amide bonds. The van der Waals surface area contributed by atoms with E-state index in [0.29, 0.717) is 18.0 Å². The second-order valence-electron chi connectivity index (χ2n) is 6.00. The number of methoxy groups -OCH3 is 2. The molecule has 0 aliphatic heterocycles. The van der Waals surface area contributed by atoms with Gasteiger partial charge in [0.15, 0.2) is 11.5 Å². The number of ether oxygens (including phenoxy) is 2. The highest BCUT2D eigenvalue weighted by molar-refractivity contribution is 5.92. The molecular formula is C21H22N4O3. The maximum absolute atomic E-state index is 12.5. The number of hydrogen-bond donors (Lipinski definition) is 1. The van der Waals surface area contributed by atoms with Gasteiger partial charge in [-0.15, -0.1) is 0 Å². The summed E-state index contributed by atoms with van der Waals surface area (Å²) in [6.45, 7) is 0.437. The van der Waals surface area contributed by atoms with Gasteiger partial charge in [0.1, 0.15) is 0 Å². The molecule has 1 heterocycles. The van der Waals surface area contributed by atoms with E-state index >= 15 is 0 Å². The first-order valence-corrected chi connectivity index (χ1v) is 8.79. The van der Waals surface area contributed by atoms with Crippen LogP contribution in [0.15, 0.2) is 67.0 Å². The maximum atomic E-state index is 12.5. The summed E-state index contributed by atoms with van der Waals surface area (Å²) in [5.41, 5.74) is 1.81. The number of aromatic nitrogens is 3. The Morgan fingerprint density at radius 3 is 2.46 bits per heavy atom. The molecule has 0 saturated carbocycles. The third kappa shape index (κ3) is 4.97. The van der Waals surface area contributed by atoms with Crippen LogP contribution in [0.25, 0.3) is 6.08 Å². The van der Waals surface area contributed by atoms with E-state index < -0.39 is 0 Å². The minimum absolute atomic E-state index is 0.212. The Morgan fingerprint density at radius 2 is 1.79 bits per heavy atom. The fourth-order valence-electron chi connectivity index (χ4n) is 2.77. The minimum atomic E-state index is -0.254. The summed E-state index contributed by atoms with van der Waals surface area (Å²) in [5.74, 6) is 1.03. The molecule has 0 aliphatic carbocycles. The van der Waals surface area contributed by atoms with Gasteiger partial charge < -0.3 is 14.8 Å². The zero-order valence-electron chi connectivity index (χ0n) is 15.8. The van der Waals surface area contributed by atoms with Gasteiger partial charge in [-0.3, -0.25) is 4.79 Å². The highest BCUT2D eigenvalue weighted by Crippen LogP contribution is 2.28. The normalized spacial score (nSPS) is 11.9. The van der Waals surface area contributed by atoms with E-state index in [1.165, 1.54) is 6.08 Å². The maximum Gasteiger partial charge on any atom is 0.244 e. The number of nitrogens with zero attached hydrogens (tertiary/aromatic N) is 3. The Balaban J connectivity index is 1.72. The average Bonchev–Trinajstić information content (AvgIpc) is 3.25. The molecule has 144 valence electrons. The number of benzene rings is 2. The number of carbonyl (C=O) groups is 1. The summed E-state index contributed by atoms with van der Waals surface area (Å²) in [4.78, 5) is 14.1. The van der Waals surface area contributed by atoms with Gasteiger partial charge in [-0.25, -0.2) is 0 Å². The SMILES string of the molecule is COc1ccc(/C=C/C(=O)NC(Cn2nccn2)c2ccccc2)cc1OC. The van der Waals surface area contributed by atoms with Crippen LogP contribution < -0.4 is 14.8 Å². The quantitative estimate of drug-likeness (QED) is 0.610. The highest BCUT2D eigenvalue weighted by atomic mass is 16.5. The van der Waals surface area contributed by atoms with Gasteiger partial charge >= 0.3 is 0 Å².